The molecule has 160 valence electrons. The molecule has 1 heterocycles. The maximum Gasteiger partial charge on any atom is 0.194 e. The molecule has 1 N–H and O–H groups in total. The van der Waals surface area contributed by atoms with E-state index in [1.165, 1.54) is 10.5 Å². The summed E-state index contributed by atoms with van der Waals surface area (Å²) in [4.78, 5) is 8.24. The predicted octanol–water partition coefficient (Wildman–Crippen LogP) is 3.07. The maximum atomic E-state index is 5.43. The third-order valence-electron chi connectivity index (χ3n) is 4.50. The zero-order valence-electron chi connectivity index (χ0n) is 18.1. The Hall–Kier alpha value is -2.06. The monoisotopic (exact) mass is 418 g/mol. The molecular weight excluding hydrogens is 384 g/mol. The Balaban J connectivity index is 1.95. The molecule has 0 spiro atoms. The number of benzene rings is 1. The third-order valence-corrected chi connectivity index (χ3v) is 5.24. The number of guanidine groups is 1. The van der Waals surface area contributed by atoms with E-state index in [1.54, 1.807) is 18.1 Å². The van der Waals surface area contributed by atoms with E-state index in [2.05, 4.69) is 69.5 Å². The van der Waals surface area contributed by atoms with Crippen molar-refractivity contribution < 1.29 is 4.74 Å². The van der Waals surface area contributed by atoms with Crippen LogP contribution >= 0.6 is 11.8 Å². The number of ether oxygens (including phenoxy) is 1. The second-order valence-corrected chi connectivity index (χ2v) is 7.56. The highest BCUT2D eigenvalue weighted by molar-refractivity contribution is 7.98. The molecule has 0 aliphatic heterocycles. The fourth-order valence-corrected chi connectivity index (χ4v) is 3.32. The Morgan fingerprint density at radius 1 is 1.28 bits per heavy atom. The second-order valence-electron chi connectivity index (χ2n) is 6.68. The van der Waals surface area contributed by atoms with E-state index < -0.39 is 0 Å². The number of thioether (sulfide) groups is 1. The minimum Gasteiger partial charge on any atom is -0.382 e. The molecule has 0 amide bonds. The average molecular weight is 419 g/mol. The smallest absolute Gasteiger partial charge is 0.194 e. The second kappa shape index (κ2) is 13.2. The van der Waals surface area contributed by atoms with E-state index in [9.17, 15) is 0 Å². The van der Waals surface area contributed by atoms with Crippen LogP contribution in [0.2, 0.25) is 0 Å². The lowest BCUT2D eigenvalue weighted by Gasteiger charge is -2.23. The fourth-order valence-electron chi connectivity index (χ4n) is 2.91. The molecule has 0 radical (unpaired) electrons. The molecule has 0 unspecified atom stereocenters. The highest BCUT2D eigenvalue weighted by Crippen LogP contribution is 2.15. The van der Waals surface area contributed by atoms with E-state index in [1.807, 2.05) is 6.92 Å². The fraction of sp³-hybridized carbons (Fsp3) is 0.571. The first-order valence-corrected chi connectivity index (χ1v) is 11.5. The van der Waals surface area contributed by atoms with Crippen molar-refractivity contribution in [1.82, 2.24) is 25.0 Å². The number of rotatable bonds is 12. The quantitative estimate of drug-likeness (QED) is 0.247. The van der Waals surface area contributed by atoms with Crippen molar-refractivity contribution in [2.75, 3.05) is 39.6 Å². The van der Waals surface area contributed by atoms with Gasteiger partial charge in [0.05, 0.1) is 0 Å². The van der Waals surface area contributed by atoms with E-state index in [4.69, 9.17) is 9.73 Å². The Labute approximate surface area is 179 Å². The van der Waals surface area contributed by atoms with Crippen LogP contribution in [-0.2, 0) is 24.2 Å². The van der Waals surface area contributed by atoms with E-state index in [0.29, 0.717) is 0 Å². The van der Waals surface area contributed by atoms with Gasteiger partial charge < -0.3 is 19.5 Å². The molecule has 29 heavy (non-hydrogen) atoms. The van der Waals surface area contributed by atoms with Gasteiger partial charge in [0.1, 0.15) is 12.2 Å². The van der Waals surface area contributed by atoms with Crippen molar-refractivity contribution in [3.63, 3.8) is 0 Å². The van der Waals surface area contributed by atoms with Crippen LogP contribution in [0.4, 0.5) is 0 Å². The van der Waals surface area contributed by atoms with Crippen LogP contribution in [0.1, 0.15) is 31.7 Å². The summed E-state index contributed by atoms with van der Waals surface area (Å²) in [6.45, 7) is 8.73. The molecule has 0 fully saturated rings. The lowest BCUT2D eigenvalue weighted by atomic mass is 10.2. The Morgan fingerprint density at radius 2 is 2.07 bits per heavy atom. The first-order valence-electron chi connectivity index (χ1n) is 10.2. The summed E-state index contributed by atoms with van der Waals surface area (Å²) in [5.41, 5.74) is 1.26. The Bertz CT molecular complexity index is 731. The van der Waals surface area contributed by atoms with Gasteiger partial charge in [-0.05, 0) is 37.3 Å². The largest absolute Gasteiger partial charge is 0.382 e. The Morgan fingerprint density at radius 3 is 2.76 bits per heavy atom. The van der Waals surface area contributed by atoms with Crippen LogP contribution in [0.15, 0.2) is 40.5 Å². The van der Waals surface area contributed by atoms with E-state index in [-0.39, 0.29) is 0 Å². The van der Waals surface area contributed by atoms with Crippen LogP contribution in [0.5, 0.6) is 0 Å². The molecule has 0 aliphatic carbocycles. The van der Waals surface area contributed by atoms with Crippen molar-refractivity contribution in [1.29, 1.82) is 0 Å². The van der Waals surface area contributed by atoms with Crippen LogP contribution in [-0.4, -0.2) is 65.2 Å². The molecule has 2 rings (SSSR count). The first-order chi connectivity index (χ1) is 14.2. The molecule has 7 nitrogen and oxygen atoms in total. The minimum absolute atomic E-state index is 0.741. The summed E-state index contributed by atoms with van der Waals surface area (Å²) in [6, 6.07) is 8.69. The Kier molecular flexibility index (Phi) is 10.6. The molecule has 0 saturated carbocycles. The molecule has 2 aromatic rings. The number of hydrogen-bond acceptors (Lipinski definition) is 5. The van der Waals surface area contributed by atoms with Gasteiger partial charge >= 0.3 is 0 Å². The number of hydrogen-bond donors (Lipinski definition) is 1. The molecule has 0 atom stereocenters. The summed E-state index contributed by atoms with van der Waals surface area (Å²) >= 11 is 1.76. The maximum absolute atomic E-state index is 5.43. The predicted molar refractivity (Wildman–Crippen MR) is 121 cm³/mol. The lowest BCUT2D eigenvalue weighted by Crippen LogP contribution is -2.40. The number of nitrogens with one attached hydrogen (secondary N) is 1. The molecule has 1 aromatic heterocycles. The van der Waals surface area contributed by atoms with Crippen molar-refractivity contribution in [2.24, 2.45) is 4.99 Å². The summed E-state index contributed by atoms with van der Waals surface area (Å²) < 4.78 is 7.51. The SMILES string of the molecule is CCOCCCN=C(NCCn1cnnc1CC)N(C)Cc1ccc(SC)cc1. The van der Waals surface area contributed by atoms with Crippen LogP contribution in [0.3, 0.4) is 0 Å². The highest BCUT2D eigenvalue weighted by atomic mass is 32.2. The van der Waals surface area contributed by atoms with Crippen LogP contribution in [0.25, 0.3) is 0 Å². The van der Waals surface area contributed by atoms with Gasteiger partial charge in [0, 0.05) is 57.8 Å². The third kappa shape index (κ3) is 8.06. The summed E-state index contributed by atoms with van der Waals surface area (Å²) in [7, 11) is 2.08. The number of aliphatic imine (C=N–C) groups is 1. The van der Waals surface area contributed by atoms with Crippen molar-refractivity contribution in [2.45, 2.75) is 44.7 Å². The van der Waals surface area contributed by atoms with Crippen LogP contribution < -0.4 is 5.32 Å². The van der Waals surface area contributed by atoms with Crippen molar-refractivity contribution in [3.05, 3.63) is 42.0 Å². The molecule has 8 heteroatoms. The van der Waals surface area contributed by atoms with Crippen molar-refractivity contribution in [3.8, 4) is 0 Å². The molecule has 0 saturated heterocycles. The van der Waals surface area contributed by atoms with Gasteiger partial charge in [-0.2, -0.15) is 0 Å². The molecule has 1 aromatic carbocycles. The zero-order chi connectivity index (χ0) is 20.9. The number of aryl methyl sites for hydroxylation is 1. The van der Waals surface area contributed by atoms with E-state index >= 15 is 0 Å². The van der Waals surface area contributed by atoms with E-state index in [0.717, 1.165) is 64.0 Å². The van der Waals surface area contributed by atoms with Gasteiger partial charge in [0.2, 0.25) is 0 Å². The topological polar surface area (TPSA) is 67.6 Å². The summed E-state index contributed by atoms with van der Waals surface area (Å²) in [6.07, 6.45) is 5.68. The zero-order valence-corrected chi connectivity index (χ0v) is 18.9. The lowest BCUT2D eigenvalue weighted by molar-refractivity contribution is 0.146. The first kappa shape index (κ1) is 23.2. The van der Waals surface area contributed by atoms with Gasteiger partial charge in [0.15, 0.2) is 5.96 Å². The molecular formula is C21H34N6OS. The van der Waals surface area contributed by atoms with Gasteiger partial charge in [-0.25, -0.2) is 0 Å². The summed E-state index contributed by atoms with van der Waals surface area (Å²) in [5, 5.41) is 11.6. The average Bonchev–Trinajstić information content (AvgIpc) is 3.20. The number of nitrogens with zero attached hydrogens (tertiary/aromatic N) is 5. The summed E-state index contributed by atoms with van der Waals surface area (Å²) in [5.74, 6) is 1.91. The standard InChI is InChI=1S/C21H34N6OS/c1-5-20-25-24-17-27(20)14-13-23-21(22-12-7-15-28-6-2)26(3)16-18-8-10-19(29-4)11-9-18/h8-11,17H,5-7,12-16H2,1-4H3,(H,22,23). The normalized spacial score (nSPS) is 11.7. The van der Waals surface area contributed by atoms with Gasteiger partial charge in [-0.3, -0.25) is 4.99 Å². The number of aromatic nitrogens is 3. The van der Waals surface area contributed by atoms with Crippen molar-refractivity contribution >= 4 is 17.7 Å². The minimum atomic E-state index is 0.741. The molecule has 0 aliphatic rings. The van der Waals surface area contributed by atoms with Gasteiger partial charge in [-0.15, -0.1) is 22.0 Å². The highest BCUT2D eigenvalue weighted by Gasteiger charge is 2.08. The van der Waals surface area contributed by atoms with Gasteiger partial charge in [0.25, 0.3) is 0 Å². The van der Waals surface area contributed by atoms with Crippen LogP contribution in [0, 0.1) is 0 Å². The van der Waals surface area contributed by atoms with Gasteiger partial charge in [-0.1, -0.05) is 19.1 Å². The molecule has 0 bridgehead atoms.